The molecule has 0 bridgehead atoms. The lowest BCUT2D eigenvalue weighted by molar-refractivity contribution is 0.173. The monoisotopic (exact) mass is 356 g/mol. The van der Waals surface area contributed by atoms with Crippen molar-refractivity contribution in [2.45, 2.75) is 0 Å². The van der Waals surface area contributed by atoms with E-state index < -0.39 is 0 Å². The summed E-state index contributed by atoms with van der Waals surface area (Å²) in [5.74, 6) is 4.71. The summed E-state index contributed by atoms with van der Waals surface area (Å²) >= 11 is 1.45. The minimum atomic E-state index is 0.232. The van der Waals surface area contributed by atoms with Gasteiger partial charge in [0.15, 0.2) is 28.7 Å². The van der Waals surface area contributed by atoms with E-state index in [0.29, 0.717) is 33.8 Å². The topological polar surface area (TPSA) is 55.4 Å². The first-order chi connectivity index (χ1) is 12.3. The highest BCUT2D eigenvalue weighted by molar-refractivity contribution is 7.12. The third kappa shape index (κ3) is 2.68. The Balaban J connectivity index is 1.37. The Morgan fingerprint density at radius 3 is 1.96 bits per heavy atom. The molecular formula is C18H12O6S. The van der Waals surface area contributed by atoms with Crippen molar-refractivity contribution < 1.29 is 28.4 Å². The van der Waals surface area contributed by atoms with E-state index in [1.54, 1.807) is 12.1 Å². The average molecular weight is 356 g/mol. The summed E-state index contributed by atoms with van der Waals surface area (Å²) in [6, 6.07) is 12.8. The van der Waals surface area contributed by atoms with Crippen molar-refractivity contribution in [3.63, 3.8) is 0 Å². The molecule has 0 amide bonds. The highest BCUT2D eigenvalue weighted by Crippen LogP contribution is 2.43. The minimum Gasteiger partial charge on any atom is -0.454 e. The molecule has 3 heterocycles. The van der Waals surface area contributed by atoms with E-state index in [1.165, 1.54) is 11.3 Å². The Morgan fingerprint density at radius 2 is 1.28 bits per heavy atom. The number of thiophene rings is 1. The lowest BCUT2D eigenvalue weighted by Crippen LogP contribution is -1.93. The van der Waals surface area contributed by atoms with Crippen LogP contribution < -0.4 is 28.4 Å². The van der Waals surface area contributed by atoms with Crippen LogP contribution in [0.4, 0.5) is 0 Å². The number of ether oxygens (including phenoxy) is 6. The maximum absolute atomic E-state index is 5.94. The van der Waals surface area contributed by atoms with E-state index in [4.69, 9.17) is 28.4 Å². The second-order valence-corrected chi connectivity index (χ2v) is 6.19. The number of fused-ring (bicyclic) bond motifs is 2. The first-order valence-corrected chi connectivity index (χ1v) is 8.46. The van der Waals surface area contributed by atoms with Gasteiger partial charge in [0, 0.05) is 12.1 Å². The molecule has 0 fully saturated rings. The van der Waals surface area contributed by atoms with Crippen LogP contribution in [0, 0.1) is 0 Å². The maximum Gasteiger partial charge on any atom is 0.231 e. The molecule has 25 heavy (non-hydrogen) atoms. The minimum absolute atomic E-state index is 0.232. The van der Waals surface area contributed by atoms with Crippen LogP contribution in [0.3, 0.4) is 0 Å². The maximum atomic E-state index is 5.94. The molecule has 2 aliphatic heterocycles. The summed E-state index contributed by atoms with van der Waals surface area (Å²) in [5, 5.41) is 2.56. The van der Waals surface area contributed by atoms with Crippen molar-refractivity contribution in [3.05, 3.63) is 47.8 Å². The Morgan fingerprint density at radius 1 is 0.680 bits per heavy atom. The van der Waals surface area contributed by atoms with Crippen molar-refractivity contribution in [2.24, 2.45) is 0 Å². The largest absolute Gasteiger partial charge is 0.454 e. The van der Waals surface area contributed by atoms with Crippen LogP contribution in [-0.4, -0.2) is 13.6 Å². The van der Waals surface area contributed by atoms with E-state index in [0.717, 1.165) is 11.5 Å². The first kappa shape index (κ1) is 14.3. The van der Waals surface area contributed by atoms with E-state index >= 15 is 0 Å². The van der Waals surface area contributed by atoms with Crippen LogP contribution in [0.2, 0.25) is 0 Å². The standard InChI is InChI=1S/C18H12O6S/c1-3-13-16(21-9-19-13)7-11(1)23-15-5-6-25-18(15)24-12-2-4-14-17(8-12)22-10-20-14/h1-8H,9-10H2. The van der Waals surface area contributed by atoms with Gasteiger partial charge in [-0.15, -0.1) is 11.3 Å². The molecule has 0 N–H and O–H groups in total. The van der Waals surface area contributed by atoms with Crippen LogP contribution in [0.15, 0.2) is 47.8 Å². The zero-order valence-electron chi connectivity index (χ0n) is 12.9. The summed E-state index contributed by atoms with van der Waals surface area (Å²) in [4.78, 5) is 0. The molecule has 0 aliphatic carbocycles. The van der Waals surface area contributed by atoms with Crippen molar-refractivity contribution in [3.8, 4) is 45.3 Å². The summed E-state index contributed by atoms with van der Waals surface area (Å²) in [5.41, 5.74) is 0. The van der Waals surface area contributed by atoms with E-state index in [1.807, 2.05) is 35.7 Å². The van der Waals surface area contributed by atoms with Crippen LogP contribution in [0.5, 0.6) is 45.3 Å². The molecule has 0 atom stereocenters. The molecule has 6 nitrogen and oxygen atoms in total. The SMILES string of the molecule is c1cc(Oc2ccc3c(c2)OCO3)c(Oc2ccc3c(c2)OCO3)s1. The van der Waals surface area contributed by atoms with Crippen molar-refractivity contribution >= 4 is 11.3 Å². The van der Waals surface area contributed by atoms with Crippen molar-refractivity contribution in [1.29, 1.82) is 0 Å². The lowest BCUT2D eigenvalue weighted by Gasteiger charge is -2.09. The highest BCUT2D eigenvalue weighted by Gasteiger charge is 2.17. The van der Waals surface area contributed by atoms with E-state index in [-0.39, 0.29) is 13.6 Å². The van der Waals surface area contributed by atoms with Crippen LogP contribution in [-0.2, 0) is 0 Å². The zero-order valence-corrected chi connectivity index (χ0v) is 13.7. The fraction of sp³-hybridized carbons (Fsp3) is 0.111. The predicted molar refractivity (Wildman–Crippen MR) is 89.6 cm³/mol. The van der Waals surface area contributed by atoms with Gasteiger partial charge in [-0.05, 0) is 35.7 Å². The fourth-order valence-corrected chi connectivity index (χ4v) is 3.23. The normalized spacial score (nSPS) is 13.8. The van der Waals surface area contributed by atoms with Gasteiger partial charge < -0.3 is 28.4 Å². The molecule has 3 aromatic rings. The number of hydrogen-bond acceptors (Lipinski definition) is 7. The Hall–Kier alpha value is -3.06. The summed E-state index contributed by atoms with van der Waals surface area (Å²) in [6.45, 7) is 0.464. The molecule has 2 aromatic carbocycles. The zero-order chi connectivity index (χ0) is 16.6. The second kappa shape index (κ2) is 5.78. The lowest BCUT2D eigenvalue weighted by atomic mass is 10.3. The van der Waals surface area contributed by atoms with Gasteiger partial charge >= 0.3 is 0 Å². The fourth-order valence-electron chi connectivity index (χ4n) is 2.55. The Kier molecular flexibility index (Phi) is 3.31. The van der Waals surface area contributed by atoms with Gasteiger partial charge in [-0.1, -0.05) is 0 Å². The smallest absolute Gasteiger partial charge is 0.231 e. The van der Waals surface area contributed by atoms with Gasteiger partial charge in [0.25, 0.3) is 0 Å². The molecule has 0 saturated heterocycles. The van der Waals surface area contributed by atoms with Crippen LogP contribution in [0.1, 0.15) is 0 Å². The van der Waals surface area contributed by atoms with Gasteiger partial charge in [0.05, 0.1) is 0 Å². The molecule has 1 aromatic heterocycles. The summed E-state index contributed by atoms with van der Waals surface area (Å²) in [7, 11) is 0. The number of benzene rings is 2. The molecule has 2 aliphatic rings. The Labute approximate surface area is 147 Å². The number of rotatable bonds is 4. The second-order valence-electron chi connectivity index (χ2n) is 5.31. The molecule has 0 radical (unpaired) electrons. The van der Waals surface area contributed by atoms with Crippen LogP contribution in [0.25, 0.3) is 0 Å². The first-order valence-electron chi connectivity index (χ1n) is 7.58. The molecule has 7 heteroatoms. The number of hydrogen-bond donors (Lipinski definition) is 0. The summed E-state index contributed by atoms with van der Waals surface area (Å²) < 4.78 is 33.2. The van der Waals surface area contributed by atoms with Crippen LogP contribution >= 0.6 is 11.3 Å². The van der Waals surface area contributed by atoms with E-state index in [2.05, 4.69) is 0 Å². The predicted octanol–water partition coefficient (Wildman–Crippen LogP) is 4.79. The van der Waals surface area contributed by atoms with Gasteiger partial charge in [-0.2, -0.15) is 0 Å². The van der Waals surface area contributed by atoms with E-state index in [9.17, 15) is 0 Å². The quantitative estimate of drug-likeness (QED) is 0.670. The van der Waals surface area contributed by atoms with Crippen molar-refractivity contribution in [2.75, 3.05) is 13.6 Å². The molecule has 0 saturated carbocycles. The molecule has 0 unspecified atom stereocenters. The van der Waals surface area contributed by atoms with Gasteiger partial charge in [0.2, 0.25) is 18.6 Å². The van der Waals surface area contributed by atoms with Crippen molar-refractivity contribution in [1.82, 2.24) is 0 Å². The van der Waals surface area contributed by atoms with Gasteiger partial charge in [-0.25, -0.2) is 0 Å². The molecule has 126 valence electrons. The Bertz CT molecular complexity index is 861. The summed E-state index contributed by atoms with van der Waals surface area (Å²) in [6.07, 6.45) is 0. The van der Waals surface area contributed by atoms with Gasteiger partial charge in [-0.3, -0.25) is 0 Å². The molecule has 5 rings (SSSR count). The third-order valence-corrected chi connectivity index (χ3v) is 4.49. The van der Waals surface area contributed by atoms with Gasteiger partial charge in [0.1, 0.15) is 11.5 Å². The average Bonchev–Trinajstić information content (AvgIpc) is 3.35. The molecule has 0 spiro atoms. The highest BCUT2D eigenvalue weighted by atomic mass is 32.1. The third-order valence-electron chi connectivity index (χ3n) is 3.72. The molecular weight excluding hydrogens is 344 g/mol.